The summed E-state index contributed by atoms with van der Waals surface area (Å²) in [5.41, 5.74) is -0.217. The Kier molecular flexibility index (Phi) is 6.12. The molecule has 0 aromatic heterocycles. The van der Waals surface area contributed by atoms with Crippen LogP contribution in [0.1, 0.15) is 36.5 Å². The second kappa shape index (κ2) is 8.11. The van der Waals surface area contributed by atoms with Crippen molar-refractivity contribution in [1.29, 1.82) is 0 Å². The molecule has 2 rings (SSSR count). The molecule has 142 valence electrons. The molecule has 2 N–H and O–H groups in total. The summed E-state index contributed by atoms with van der Waals surface area (Å²) in [5.74, 6) is -5.64. The van der Waals surface area contributed by atoms with Crippen LogP contribution in [0.25, 0.3) is 0 Å². The Labute approximate surface area is 148 Å². The van der Waals surface area contributed by atoms with Crippen LogP contribution in [0.2, 0.25) is 0 Å². The normalized spacial score (nSPS) is 17.5. The van der Waals surface area contributed by atoms with Crippen molar-refractivity contribution in [2.24, 2.45) is 0 Å². The van der Waals surface area contributed by atoms with Crippen molar-refractivity contribution in [3.8, 4) is 5.75 Å². The maximum absolute atomic E-state index is 13.5. The molecule has 0 spiro atoms. The number of carbonyl (C=O) groups is 3. The molecule has 1 atom stereocenters. The van der Waals surface area contributed by atoms with Crippen molar-refractivity contribution >= 4 is 17.8 Å². The second-order valence-electron chi connectivity index (χ2n) is 6.21. The molecule has 0 aliphatic carbocycles. The van der Waals surface area contributed by atoms with Gasteiger partial charge in [0.25, 0.3) is 5.91 Å². The number of halogens is 2. The number of carbonyl (C=O) groups excluding carboxylic acids is 2. The van der Waals surface area contributed by atoms with Crippen molar-refractivity contribution in [2.75, 3.05) is 19.6 Å². The molecule has 1 unspecified atom stereocenters. The number of aliphatic carboxylic acids is 1. The quantitative estimate of drug-likeness (QED) is 0.839. The standard InChI is InChI=1S/C17H20F2N2O5/c1-10(22)21(9-15(23)24)12-3-2-5-20(6-4-12)17(26)11-7-13(18)16(25)14(19)8-11/h7-8,12,25H,2-6,9H2,1H3,(H,23,24). The predicted octanol–water partition coefficient (Wildman–Crippen LogP) is 1.60. The van der Waals surface area contributed by atoms with Gasteiger partial charge in [-0.1, -0.05) is 0 Å². The third-order valence-corrected chi connectivity index (χ3v) is 4.40. The molecule has 0 bridgehead atoms. The van der Waals surface area contributed by atoms with Gasteiger partial charge in [-0.2, -0.15) is 0 Å². The fraction of sp³-hybridized carbons (Fsp3) is 0.471. The summed E-state index contributed by atoms with van der Waals surface area (Å²) in [5, 5.41) is 18.1. The number of aromatic hydroxyl groups is 1. The lowest BCUT2D eigenvalue weighted by Crippen LogP contribution is -2.43. The average molecular weight is 370 g/mol. The van der Waals surface area contributed by atoms with Crippen LogP contribution in [-0.4, -0.2) is 63.5 Å². The first-order valence-corrected chi connectivity index (χ1v) is 8.17. The number of hydrogen-bond donors (Lipinski definition) is 2. The lowest BCUT2D eigenvalue weighted by Gasteiger charge is -2.28. The highest BCUT2D eigenvalue weighted by atomic mass is 19.1. The first kappa shape index (κ1) is 19.6. The van der Waals surface area contributed by atoms with Gasteiger partial charge in [0, 0.05) is 31.6 Å². The van der Waals surface area contributed by atoms with Gasteiger partial charge in [0.15, 0.2) is 17.4 Å². The zero-order valence-corrected chi connectivity index (χ0v) is 14.2. The average Bonchev–Trinajstić information content (AvgIpc) is 2.82. The summed E-state index contributed by atoms with van der Waals surface area (Å²) in [6.45, 7) is 1.41. The van der Waals surface area contributed by atoms with Crippen LogP contribution >= 0.6 is 0 Å². The van der Waals surface area contributed by atoms with E-state index in [4.69, 9.17) is 10.2 Å². The minimum Gasteiger partial charge on any atom is -0.503 e. The maximum atomic E-state index is 13.5. The van der Waals surface area contributed by atoms with Gasteiger partial charge >= 0.3 is 5.97 Å². The van der Waals surface area contributed by atoms with Gasteiger partial charge in [0.1, 0.15) is 6.54 Å². The highest BCUT2D eigenvalue weighted by molar-refractivity contribution is 5.94. The smallest absolute Gasteiger partial charge is 0.323 e. The van der Waals surface area contributed by atoms with Gasteiger partial charge in [-0.25, -0.2) is 8.78 Å². The van der Waals surface area contributed by atoms with E-state index >= 15 is 0 Å². The lowest BCUT2D eigenvalue weighted by molar-refractivity contribution is -0.145. The van der Waals surface area contributed by atoms with Crippen LogP contribution in [0, 0.1) is 11.6 Å². The summed E-state index contributed by atoms with van der Waals surface area (Å²) < 4.78 is 26.9. The monoisotopic (exact) mass is 370 g/mol. The molecule has 9 heteroatoms. The number of hydrogen-bond acceptors (Lipinski definition) is 4. The molecule has 2 amide bonds. The van der Waals surface area contributed by atoms with Crippen molar-refractivity contribution in [1.82, 2.24) is 9.80 Å². The van der Waals surface area contributed by atoms with Gasteiger partial charge < -0.3 is 20.0 Å². The van der Waals surface area contributed by atoms with E-state index in [9.17, 15) is 23.2 Å². The first-order valence-electron chi connectivity index (χ1n) is 8.17. The lowest BCUT2D eigenvalue weighted by atomic mass is 10.1. The van der Waals surface area contributed by atoms with Gasteiger partial charge in [-0.05, 0) is 31.4 Å². The number of nitrogens with zero attached hydrogens (tertiary/aromatic N) is 2. The Bertz CT molecular complexity index is 702. The second-order valence-corrected chi connectivity index (χ2v) is 6.21. The summed E-state index contributed by atoms with van der Waals surface area (Å²) in [4.78, 5) is 37.8. The number of carboxylic acid groups (broad SMARTS) is 1. The summed E-state index contributed by atoms with van der Waals surface area (Å²) in [6.07, 6.45) is 1.40. The van der Waals surface area contributed by atoms with Crippen LogP contribution in [0.3, 0.4) is 0 Å². The molecule has 1 fully saturated rings. The Morgan fingerprint density at radius 2 is 1.81 bits per heavy atom. The number of amides is 2. The fourth-order valence-corrected chi connectivity index (χ4v) is 3.11. The SMILES string of the molecule is CC(=O)N(CC(=O)O)C1CCCN(C(=O)c2cc(F)c(O)c(F)c2)CC1. The van der Waals surface area contributed by atoms with Crippen LogP contribution in [0.4, 0.5) is 8.78 Å². The highest BCUT2D eigenvalue weighted by Gasteiger charge is 2.28. The molecule has 1 aliphatic heterocycles. The van der Waals surface area contributed by atoms with E-state index < -0.39 is 35.8 Å². The highest BCUT2D eigenvalue weighted by Crippen LogP contribution is 2.24. The van der Waals surface area contributed by atoms with E-state index in [-0.39, 0.29) is 24.1 Å². The van der Waals surface area contributed by atoms with Gasteiger partial charge in [0.05, 0.1) is 0 Å². The molecule has 1 saturated heterocycles. The Morgan fingerprint density at radius 1 is 1.19 bits per heavy atom. The predicted molar refractivity (Wildman–Crippen MR) is 86.6 cm³/mol. The Hall–Kier alpha value is -2.71. The zero-order chi connectivity index (χ0) is 19.4. The van der Waals surface area contributed by atoms with Crippen LogP contribution in [-0.2, 0) is 9.59 Å². The largest absolute Gasteiger partial charge is 0.503 e. The van der Waals surface area contributed by atoms with E-state index in [1.165, 1.54) is 16.7 Å². The molecule has 1 aromatic carbocycles. The summed E-state index contributed by atoms with van der Waals surface area (Å²) in [7, 11) is 0. The maximum Gasteiger partial charge on any atom is 0.323 e. The Morgan fingerprint density at radius 3 is 2.35 bits per heavy atom. The number of likely N-dealkylation sites (tertiary alicyclic amines) is 1. The topological polar surface area (TPSA) is 98.2 Å². The Balaban J connectivity index is 2.11. The third-order valence-electron chi connectivity index (χ3n) is 4.40. The number of phenolic OH excluding ortho intramolecular Hbond substituents is 1. The van der Waals surface area contributed by atoms with Crippen molar-refractivity contribution < 1.29 is 33.4 Å². The van der Waals surface area contributed by atoms with Crippen molar-refractivity contribution in [3.63, 3.8) is 0 Å². The first-order chi connectivity index (χ1) is 12.2. The minimum absolute atomic E-state index is 0.217. The molecular weight excluding hydrogens is 350 g/mol. The van der Waals surface area contributed by atoms with Crippen molar-refractivity contribution in [3.05, 3.63) is 29.3 Å². The number of rotatable bonds is 4. The van der Waals surface area contributed by atoms with Gasteiger partial charge in [-0.3, -0.25) is 14.4 Å². The number of carboxylic acids is 1. The summed E-state index contributed by atoms with van der Waals surface area (Å²) >= 11 is 0. The van der Waals surface area contributed by atoms with Crippen molar-refractivity contribution in [2.45, 2.75) is 32.2 Å². The van der Waals surface area contributed by atoms with Crippen LogP contribution in [0.15, 0.2) is 12.1 Å². The van der Waals surface area contributed by atoms with E-state index in [1.807, 2.05) is 0 Å². The van der Waals surface area contributed by atoms with E-state index in [0.717, 1.165) is 12.1 Å². The molecule has 1 heterocycles. The minimum atomic E-state index is -1.22. The molecule has 7 nitrogen and oxygen atoms in total. The molecule has 1 aromatic rings. The summed E-state index contributed by atoms with van der Waals surface area (Å²) in [6, 6.07) is 1.22. The molecular formula is C17H20F2N2O5. The molecule has 0 radical (unpaired) electrons. The van der Waals surface area contributed by atoms with Gasteiger partial charge in [-0.15, -0.1) is 0 Å². The zero-order valence-electron chi connectivity index (χ0n) is 14.2. The van der Waals surface area contributed by atoms with Gasteiger partial charge in [0.2, 0.25) is 5.91 Å². The van der Waals surface area contributed by atoms with E-state index in [1.54, 1.807) is 0 Å². The van der Waals surface area contributed by atoms with E-state index in [0.29, 0.717) is 25.8 Å². The third kappa shape index (κ3) is 4.47. The number of benzene rings is 1. The molecule has 0 saturated carbocycles. The van der Waals surface area contributed by atoms with Crippen LogP contribution < -0.4 is 0 Å². The fourth-order valence-electron chi connectivity index (χ4n) is 3.11. The van der Waals surface area contributed by atoms with E-state index in [2.05, 4.69) is 0 Å². The molecule has 1 aliphatic rings. The number of phenols is 1. The molecule has 26 heavy (non-hydrogen) atoms. The van der Waals surface area contributed by atoms with Crippen LogP contribution in [0.5, 0.6) is 5.75 Å².